The maximum Gasteiger partial charge on any atom is 0.459 e. The maximum atomic E-state index is 14.9. The summed E-state index contributed by atoms with van der Waals surface area (Å²) in [7, 11) is -3.15. The fourth-order valence-corrected chi connectivity index (χ4v) is 5.49. The molecule has 2 aromatic rings. The molecule has 0 bridgehead atoms. The van der Waals surface area contributed by atoms with Crippen LogP contribution in [-0.2, 0) is 23.4 Å². The normalized spacial score (nSPS) is 22.0. The van der Waals surface area contributed by atoms with Crippen molar-refractivity contribution in [3.8, 4) is 5.75 Å². The zero-order chi connectivity index (χ0) is 27.3. The summed E-state index contributed by atoms with van der Waals surface area (Å²) in [6.07, 6.45) is -2.52. The van der Waals surface area contributed by atoms with E-state index in [1.807, 2.05) is 13.8 Å². The van der Waals surface area contributed by atoms with Crippen molar-refractivity contribution in [2.45, 2.75) is 58.2 Å². The number of carbonyl (C=O) groups excluding carboxylic acids is 1. The first-order valence-electron chi connectivity index (χ1n) is 11.6. The fourth-order valence-electron chi connectivity index (χ4n) is 3.73. The molecule has 1 fully saturated rings. The van der Waals surface area contributed by atoms with Gasteiger partial charge < -0.3 is 14.0 Å². The van der Waals surface area contributed by atoms with E-state index in [9.17, 15) is 23.3 Å². The van der Waals surface area contributed by atoms with Gasteiger partial charge in [0.2, 0.25) is 0 Å². The third-order valence-corrected chi connectivity index (χ3v) is 7.46. The molecule has 1 aliphatic heterocycles. The van der Waals surface area contributed by atoms with E-state index in [4.69, 9.17) is 30.1 Å². The molecule has 5 atom stereocenters. The Bertz CT molecular complexity index is 1270. The highest BCUT2D eigenvalue weighted by Crippen LogP contribution is 2.48. The minimum Gasteiger partial charge on any atom is -0.468 e. The molecule has 3 rings (SSSR count). The summed E-state index contributed by atoms with van der Waals surface area (Å²) in [6.45, 7) is 4.68. The van der Waals surface area contributed by atoms with Crippen molar-refractivity contribution in [3.05, 3.63) is 61.9 Å². The van der Waals surface area contributed by atoms with E-state index in [1.165, 1.54) is 32.4 Å². The third-order valence-electron chi connectivity index (χ3n) is 5.59. The molecule has 14 heteroatoms. The second-order valence-electron chi connectivity index (χ2n) is 9.01. The van der Waals surface area contributed by atoms with Gasteiger partial charge in [0.25, 0.3) is 5.56 Å². The van der Waals surface area contributed by atoms with Crippen LogP contribution < -0.4 is 20.9 Å². The average molecular weight is 562 g/mol. The number of nitrogens with one attached hydrogen (secondary N) is 2. The van der Waals surface area contributed by atoms with Crippen LogP contribution in [0.3, 0.4) is 0 Å². The Kier molecular flexibility index (Phi) is 9.71. The van der Waals surface area contributed by atoms with Gasteiger partial charge in [0, 0.05) is 18.2 Å². The molecule has 0 amide bonds. The smallest absolute Gasteiger partial charge is 0.459 e. The lowest BCUT2D eigenvalue weighted by atomic mass is 10.1. The largest absolute Gasteiger partial charge is 0.468 e. The highest BCUT2D eigenvalue weighted by molar-refractivity contribution is 7.52. The summed E-state index contributed by atoms with van der Waals surface area (Å²) in [5, 5.41) is 2.74. The van der Waals surface area contributed by atoms with Crippen LogP contribution in [-0.4, -0.2) is 47.6 Å². The molecule has 0 radical (unpaired) electrons. The molecule has 37 heavy (non-hydrogen) atoms. The second-order valence-corrected chi connectivity index (χ2v) is 11.1. The van der Waals surface area contributed by atoms with Crippen molar-refractivity contribution in [1.82, 2.24) is 14.6 Å². The fraction of sp³-hybridized carbons (Fsp3) is 0.522. The summed E-state index contributed by atoms with van der Waals surface area (Å²) in [5.41, 5.74) is -1.06. The van der Waals surface area contributed by atoms with Crippen LogP contribution in [0.2, 0.25) is 5.02 Å². The zero-order valence-corrected chi connectivity index (χ0v) is 22.5. The van der Waals surface area contributed by atoms with E-state index >= 15 is 0 Å². The van der Waals surface area contributed by atoms with E-state index < -0.39 is 56.1 Å². The number of aryl methyl sites for hydroxylation is 1. The van der Waals surface area contributed by atoms with E-state index in [-0.39, 0.29) is 35.1 Å². The Morgan fingerprint density at radius 3 is 2.70 bits per heavy atom. The first-order valence-corrected chi connectivity index (χ1v) is 13.5. The van der Waals surface area contributed by atoms with Crippen molar-refractivity contribution < 1.29 is 32.3 Å². The highest BCUT2D eigenvalue weighted by Gasteiger charge is 2.41. The number of benzene rings is 1. The number of ether oxygens (including phenoxy) is 2. The van der Waals surface area contributed by atoms with E-state index in [0.29, 0.717) is 0 Å². The zero-order valence-electron chi connectivity index (χ0n) is 20.8. The van der Waals surface area contributed by atoms with Crippen LogP contribution in [0.5, 0.6) is 5.75 Å². The van der Waals surface area contributed by atoms with Crippen LogP contribution in [0.15, 0.2) is 40.1 Å². The molecule has 0 spiro atoms. The number of halogens is 2. The molecule has 1 aromatic carbocycles. The predicted molar refractivity (Wildman–Crippen MR) is 134 cm³/mol. The first-order chi connectivity index (χ1) is 17.4. The lowest BCUT2D eigenvalue weighted by molar-refractivity contribution is -0.143. The Balaban J connectivity index is 1.81. The lowest BCUT2D eigenvalue weighted by Gasteiger charge is -2.26. The molecule has 11 nitrogen and oxygen atoms in total. The summed E-state index contributed by atoms with van der Waals surface area (Å²) in [4.78, 5) is 38.3. The number of rotatable bonds is 11. The predicted octanol–water partition coefficient (Wildman–Crippen LogP) is 3.51. The molecule has 1 unspecified atom stereocenters. The Hall–Kier alpha value is -2.50. The van der Waals surface area contributed by atoms with Gasteiger partial charge in [0.1, 0.15) is 30.3 Å². The molecule has 1 aromatic heterocycles. The molecule has 2 N–H and O–H groups in total. The highest BCUT2D eigenvalue weighted by atomic mass is 35.5. The number of methoxy groups -OCH3 is 1. The Morgan fingerprint density at radius 2 is 2.05 bits per heavy atom. The van der Waals surface area contributed by atoms with Crippen molar-refractivity contribution in [2.24, 2.45) is 5.92 Å². The van der Waals surface area contributed by atoms with Gasteiger partial charge in [0.05, 0.1) is 18.7 Å². The maximum absolute atomic E-state index is 14.9. The van der Waals surface area contributed by atoms with Crippen LogP contribution in [0.1, 0.15) is 38.5 Å². The molecule has 2 heterocycles. The van der Waals surface area contributed by atoms with Gasteiger partial charge in [-0.15, -0.1) is 0 Å². The van der Waals surface area contributed by atoms with E-state index in [0.717, 1.165) is 4.57 Å². The second kappa shape index (κ2) is 12.4. The summed E-state index contributed by atoms with van der Waals surface area (Å²) in [5.74, 6) is -0.655. The monoisotopic (exact) mass is 561 g/mol. The van der Waals surface area contributed by atoms with Crippen molar-refractivity contribution in [1.29, 1.82) is 0 Å². The van der Waals surface area contributed by atoms with Gasteiger partial charge in [-0.2, -0.15) is 5.09 Å². The molecule has 1 aliphatic rings. The number of H-pyrrole nitrogens is 1. The van der Waals surface area contributed by atoms with Gasteiger partial charge in [-0.1, -0.05) is 37.6 Å². The van der Waals surface area contributed by atoms with Gasteiger partial charge >= 0.3 is 19.4 Å². The summed E-state index contributed by atoms with van der Waals surface area (Å²) < 4.78 is 51.4. The number of nitrogens with zero attached hydrogens (tertiary/aromatic N) is 1. The van der Waals surface area contributed by atoms with Crippen LogP contribution in [0.4, 0.5) is 4.39 Å². The average Bonchev–Trinajstić information content (AvgIpc) is 3.20. The van der Waals surface area contributed by atoms with Crippen molar-refractivity contribution >= 4 is 25.3 Å². The Morgan fingerprint density at radius 1 is 1.35 bits per heavy atom. The number of hydrogen-bond donors (Lipinski definition) is 2. The van der Waals surface area contributed by atoms with Gasteiger partial charge in [-0.25, -0.2) is 13.8 Å². The minimum absolute atomic E-state index is 0.0126. The number of alkyl halides is 1. The number of aromatic amines is 1. The number of aromatic nitrogens is 2. The van der Waals surface area contributed by atoms with Gasteiger partial charge in [0.15, 0.2) is 0 Å². The number of carbonyl (C=O) groups is 1. The standard InChI is InChI=1S/C23H30ClFN3O8P/c1-13(2)9-17(22(30)33-4)27-37(32,36-18-8-6-5-7-15(18)24)34-12-19-16(25)10-20(35-19)28-11-14(3)21(29)26-23(28)31/h5-8,11,13,16-17,19-20H,9-10,12H2,1-4H3,(H,27,32)(H,26,29,31)/t16-,17-,19+,20+,37?/m0/s1. The molecular weight excluding hydrogens is 532 g/mol. The molecule has 0 saturated carbocycles. The molecular formula is C23H30ClFN3O8P. The topological polar surface area (TPSA) is 138 Å². The quantitative estimate of drug-likeness (QED) is 0.312. The van der Waals surface area contributed by atoms with Crippen LogP contribution in [0, 0.1) is 12.8 Å². The summed E-state index contributed by atoms with van der Waals surface area (Å²) in [6, 6.07) is 5.16. The minimum atomic E-state index is -4.34. The van der Waals surface area contributed by atoms with Crippen LogP contribution in [0.25, 0.3) is 0 Å². The third kappa shape index (κ3) is 7.52. The summed E-state index contributed by atoms with van der Waals surface area (Å²) >= 11 is 6.15. The Labute approximate surface area is 217 Å². The van der Waals surface area contributed by atoms with E-state index in [1.54, 1.807) is 12.1 Å². The van der Waals surface area contributed by atoms with Crippen LogP contribution >= 0.6 is 19.3 Å². The SMILES string of the molecule is COC(=O)[C@H](CC(C)C)NP(=O)(OC[C@H]1O[C@@H](n2cc(C)c(=O)[nH]c2=O)C[C@@H]1F)Oc1ccccc1Cl. The van der Waals surface area contributed by atoms with Crippen molar-refractivity contribution in [2.75, 3.05) is 13.7 Å². The van der Waals surface area contributed by atoms with Gasteiger partial charge in [-0.05, 0) is 31.4 Å². The molecule has 0 aliphatic carbocycles. The van der Waals surface area contributed by atoms with Gasteiger partial charge in [-0.3, -0.25) is 23.7 Å². The van der Waals surface area contributed by atoms with Crippen molar-refractivity contribution in [3.63, 3.8) is 0 Å². The first kappa shape index (κ1) is 29.1. The van der Waals surface area contributed by atoms with E-state index in [2.05, 4.69) is 10.1 Å². The number of hydrogen-bond acceptors (Lipinski definition) is 8. The molecule has 1 saturated heterocycles. The molecule has 204 valence electrons. The number of para-hydroxylation sites is 1. The lowest BCUT2D eigenvalue weighted by Crippen LogP contribution is -2.39. The number of esters is 1.